The molecular formula is C16H12N4O2. The SMILES string of the molecule is O=c1n2c3c4c(cccc4ncc3n1-c1cc[nH]c1)OCC2. The normalized spacial score (nSPS) is 13.6. The van der Waals surface area contributed by atoms with Crippen molar-refractivity contribution in [3.63, 3.8) is 0 Å². The van der Waals surface area contributed by atoms with Crippen LogP contribution in [0, 0.1) is 0 Å². The number of aromatic nitrogens is 4. The van der Waals surface area contributed by atoms with Crippen LogP contribution in [0.1, 0.15) is 0 Å². The maximum Gasteiger partial charge on any atom is 0.333 e. The molecule has 1 aliphatic heterocycles. The highest BCUT2D eigenvalue weighted by Crippen LogP contribution is 2.33. The molecule has 0 aliphatic carbocycles. The van der Waals surface area contributed by atoms with Gasteiger partial charge in [0, 0.05) is 12.4 Å². The van der Waals surface area contributed by atoms with E-state index in [4.69, 9.17) is 4.74 Å². The third kappa shape index (κ3) is 1.34. The molecule has 1 N–H and O–H groups in total. The lowest BCUT2D eigenvalue weighted by atomic mass is 10.1. The lowest BCUT2D eigenvalue weighted by Crippen LogP contribution is -2.24. The minimum atomic E-state index is -0.0656. The molecule has 0 saturated carbocycles. The van der Waals surface area contributed by atoms with Gasteiger partial charge in [-0.1, -0.05) is 6.07 Å². The first-order valence-electron chi connectivity index (χ1n) is 7.13. The van der Waals surface area contributed by atoms with E-state index in [1.54, 1.807) is 21.5 Å². The van der Waals surface area contributed by atoms with Gasteiger partial charge in [-0.3, -0.25) is 14.1 Å². The number of pyridine rings is 1. The molecule has 5 rings (SSSR count). The zero-order valence-corrected chi connectivity index (χ0v) is 11.6. The summed E-state index contributed by atoms with van der Waals surface area (Å²) in [4.78, 5) is 20.4. The van der Waals surface area contributed by atoms with E-state index in [2.05, 4.69) is 9.97 Å². The Bertz CT molecular complexity index is 1070. The standard InChI is InChI=1S/C16H12N4O2/c21-16-19-6-7-22-13-3-1-2-11-14(13)15(19)12(9-18-11)20(16)10-4-5-17-8-10/h1-5,8-9,17H,6-7H2. The molecule has 0 bridgehead atoms. The molecule has 0 saturated heterocycles. The van der Waals surface area contributed by atoms with E-state index in [0.717, 1.165) is 33.4 Å². The van der Waals surface area contributed by atoms with Crippen molar-refractivity contribution in [1.82, 2.24) is 19.1 Å². The largest absolute Gasteiger partial charge is 0.491 e. The van der Waals surface area contributed by atoms with E-state index in [9.17, 15) is 4.79 Å². The number of hydrogen-bond donors (Lipinski definition) is 1. The predicted molar refractivity (Wildman–Crippen MR) is 82.7 cm³/mol. The topological polar surface area (TPSA) is 64.8 Å². The molecule has 1 aliphatic rings. The molecule has 4 heterocycles. The fraction of sp³-hybridized carbons (Fsp3) is 0.125. The van der Waals surface area contributed by atoms with Crippen LogP contribution in [0.5, 0.6) is 5.75 Å². The maximum atomic E-state index is 12.9. The quantitative estimate of drug-likeness (QED) is 0.584. The molecular weight excluding hydrogens is 280 g/mol. The minimum absolute atomic E-state index is 0.0656. The summed E-state index contributed by atoms with van der Waals surface area (Å²) in [6, 6.07) is 7.67. The molecule has 0 atom stereocenters. The van der Waals surface area contributed by atoms with E-state index < -0.39 is 0 Å². The van der Waals surface area contributed by atoms with E-state index in [0.29, 0.717) is 13.2 Å². The smallest absolute Gasteiger partial charge is 0.333 e. The molecule has 0 amide bonds. The summed E-state index contributed by atoms with van der Waals surface area (Å²) in [5.74, 6) is 0.785. The van der Waals surface area contributed by atoms with Gasteiger partial charge in [0.05, 0.1) is 40.4 Å². The average Bonchev–Trinajstić information content (AvgIpc) is 3.09. The van der Waals surface area contributed by atoms with Crippen LogP contribution >= 0.6 is 0 Å². The van der Waals surface area contributed by atoms with Gasteiger partial charge in [-0.15, -0.1) is 0 Å². The molecule has 22 heavy (non-hydrogen) atoms. The van der Waals surface area contributed by atoms with Crippen molar-refractivity contribution >= 4 is 21.9 Å². The highest BCUT2D eigenvalue weighted by Gasteiger charge is 2.22. The first kappa shape index (κ1) is 11.6. The Kier molecular flexibility index (Phi) is 2.11. The second kappa shape index (κ2) is 4.00. The van der Waals surface area contributed by atoms with Gasteiger partial charge in [-0.2, -0.15) is 0 Å². The maximum absolute atomic E-state index is 12.9. The van der Waals surface area contributed by atoms with Crippen LogP contribution in [0.4, 0.5) is 0 Å². The van der Waals surface area contributed by atoms with Gasteiger partial charge in [0.1, 0.15) is 12.4 Å². The van der Waals surface area contributed by atoms with Gasteiger partial charge >= 0.3 is 5.69 Å². The fourth-order valence-electron chi connectivity index (χ4n) is 3.22. The summed E-state index contributed by atoms with van der Waals surface area (Å²) in [6.45, 7) is 1.00. The van der Waals surface area contributed by atoms with E-state index in [-0.39, 0.29) is 5.69 Å². The first-order chi connectivity index (χ1) is 10.8. The molecule has 1 aromatic carbocycles. The van der Waals surface area contributed by atoms with Crippen LogP contribution in [0.25, 0.3) is 27.6 Å². The summed E-state index contributed by atoms with van der Waals surface area (Å²) < 4.78 is 9.27. The van der Waals surface area contributed by atoms with Crippen LogP contribution in [0.15, 0.2) is 47.7 Å². The van der Waals surface area contributed by atoms with E-state index in [1.165, 1.54) is 0 Å². The third-order valence-electron chi connectivity index (χ3n) is 4.15. The molecule has 3 aromatic heterocycles. The van der Waals surface area contributed by atoms with Gasteiger partial charge in [-0.25, -0.2) is 4.79 Å². The van der Waals surface area contributed by atoms with Crippen LogP contribution in [0.3, 0.4) is 0 Å². The third-order valence-corrected chi connectivity index (χ3v) is 4.15. The number of hydrogen-bond acceptors (Lipinski definition) is 3. The van der Waals surface area contributed by atoms with Crippen LogP contribution < -0.4 is 10.4 Å². The summed E-state index contributed by atoms with van der Waals surface area (Å²) in [6.07, 6.45) is 5.38. The van der Waals surface area contributed by atoms with Crippen molar-refractivity contribution in [3.05, 3.63) is 53.3 Å². The van der Waals surface area contributed by atoms with Crippen molar-refractivity contribution in [2.45, 2.75) is 6.54 Å². The Labute approximate surface area is 124 Å². The molecule has 108 valence electrons. The van der Waals surface area contributed by atoms with Gasteiger partial charge in [0.2, 0.25) is 0 Å². The highest BCUT2D eigenvalue weighted by atomic mass is 16.5. The monoisotopic (exact) mass is 292 g/mol. The molecule has 0 spiro atoms. The zero-order valence-electron chi connectivity index (χ0n) is 11.6. The Morgan fingerprint density at radius 3 is 3.09 bits per heavy atom. The van der Waals surface area contributed by atoms with Crippen molar-refractivity contribution in [2.75, 3.05) is 6.61 Å². The van der Waals surface area contributed by atoms with Crippen LogP contribution in [-0.4, -0.2) is 25.7 Å². The second-order valence-corrected chi connectivity index (χ2v) is 5.33. The number of nitrogens with zero attached hydrogens (tertiary/aromatic N) is 3. The second-order valence-electron chi connectivity index (χ2n) is 5.33. The van der Waals surface area contributed by atoms with Crippen LogP contribution in [-0.2, 0) is 6.54 Å². The van der Waals surface area contributed by atoms with Gasteiger partial charge in [-0.05, 0) is 18.2 Å². The first-order valence-corrected chi connectivity index (χ1v) is 7.13. The number of aromatic amines is 1. The number of benzene rings is 1. The predicted octanol–water partition coefficient (Wildman–Crippen LogP) is 2.06. The van der Waals surface area contributed by atoms with Crippen molar-refractivity contribution < 1.29 is 4.74 Å². The van der Waals surface area contributed by atoms with E-state index in [1.807, 2.05) is 30.5 Å². The zero-order chi connectivity index (χ0) is 14.7. The number of rotatable bonds is 1. The summed E-state index contributed by atoms with van der Waals surface area (Å²) in [5.41, 5.74) is 3.28. The molecule has 6 nitrogen and oxygen atoms in total. The van der Waals surface area contributed by atoms with Gasteiger partial charge in [0.15, 0.2) is 0 Å². The average molecular weight is 292 g/mol. The Hall–Kier alpha value is -3.02. The minimum Gasteiger partial charge on any atom is -0.491 e. The lowest BCUT2D eigenvalue weighted by molar-refractivity contribution is 0.305. The van der Waals surface area contributed by atoms with Crippen LogP contribution in [0.2, 0.25) is 0 Å². The Balaban J connectivity index is 2.06. The number of nitrogens with one attached hydrogen (secondary N) is 1. The molecule has 0 fully saturated rings. The lowest BCUT2D eigenvalue weighted by Gasteiger charge is -2.06. The van der Waals surface area contributed by atoms with Crippen molar-refractivity contribution in [1.29, 1.82) is 0 Å². The van der Waals surface area contributed by atoms with Crippen molar-refractivity contribution in [3.8, 4) is 11.4 Å². The number of H-pyrrole nitrogens is 1. The molecule has 4 aromatic rings. The van der Waals surface area contributed by atoms with Crippen molar-refractivity contribution in [2.24, 2.45) is 0 Å². The summed E-state index contributed by atoms with van der Waals surface area (Å²) >= 11 is 0. The van der Waals surface area contributed by atoms with Gasteiger partial charge in [0.25, 0.3) is 0 Å². The number of ether oxygens (including phenoxy) is 1. The molecule has 0 radical (unpaired) electrons. The summed E-state index contributed by atoms with van der Waals surface area (Å²) in [5, 5.41) is 0.906. The Morgan fingerprint density at radius 1 is 1.27 bits per heavy atom. The Morgan fingerprint density at radius 2 is 2.23 bits per heavy atom. The molecule has 0 unspecified atom stereocenters. The summed E-state index contributed by atoms with van der Waals surface area (Å²) in [7, 11) is 0. The highest BCUT2D eigenvalue weighted by molar-refractivity contribution is 6.06. The van der Waals surface area contributed by atoms with Gasteiger partial charge < -0.3 is 9.72 Å². The van der Waals surface area contributed by atoms with E-state index >= 15 is 0 Å². The fourth-order valence-corrected chi connectivity index (χ4v) is 3.22. The number of imidazole rings is 1. The molecule has 6 heteroatoms.